The van der Waals surface area contributed by atoms with Crippen molar-refractivity contribution in [3.05, 3.63) is 23.3 Å². The highest BCUT2D eigenvalue weighted by molar-refractivity contribution is 5.79. The summed E-state index contributed by atoms with van der Waals surface area (Å²) in [6.45, 7) is 5.16. The van der Waals surface area contributed by atoms with Crippen molar-refractivity contribution in [3.8, 4) is 11.4 Å². The molecule has 0 aliphatic carbocycles. The predicted molar refractivity (Wildman–Crippen MR) is 111 cm³/mol. The molecule has 7 N–H and O–H groups in total. The summed E-state index contributed by atoms with van der Waals surface area (Å²) >= 11 is 0. The van der Waals surface area contributed by atoms with Gasteiger partial charge in [0.1, 0.15) is 0 Å². The molecule has 0 radical (unpaired) electrons. The SMILES string of the molecule is COC1(CO)CCN(c2ccc(CN[C@H](C)CN)c(CN)c2-c2nn[nH]n2)CC1. The largest absolute Gasteiger partial charge is 0.393 e. The molecule has 0 unspecified atom stereocenters. The van der Waals surface area contributed by atoms with Crippen LogP contribution in [-0.4, -0.2) is 70.7 Å². The average Bonchev–Trinajstić information content (AvgIpc) is 3.31. The Morgan fingerprint density at radius 3 is 2.66 bits per heavy atom. The van der Waals surface area contributed by atoms with E-state index < -0.39 is 5.60 Å². The third-order valence-electron chi connectivity index (χ3n) is 5.89. The molecule has 29 heavy (non-hydrogen) atoms. The lowest BCUT2D eigenvalue weighted by molar-refractivity contribution is -0.0672. The van der Waals surface area contributed by atoms with E-state index in [1.807, 2.05) is 6.92 Å². The summed E-state index contributed by atoms with van der Waals surface area (Å²) in [5.74, 6) is 0.528. The number of anilines is 1. The fraction of sp³-hybridized carbons (Fsp3) is 0.632. The van der Waals surface area contributed by atoms with E-state index in [-0.39, 0.29) is 12.6 Å². The number of nitrogens with two attached hydrogens (primary N) is 2. The Hall–Kier alpha value is -2.11. The van der Waals surface area contributed by atoms with Gasteiger partial charge in [-0.1, -0.05) is 6.07 Å². The van der Waals surface area contributed by atoms with E-state index >= 15 is 0 Å². The number of aromatic amines is 1. The van der Waals surface area contributed by atoms with E-state index in [0.717, 1.165) is 48.3 Å². The van der Waals surface area contributed by atoms with Gasteiger partial charge in [0.25, 0.3) is 0 Å². The van der Waals surface area contributed by atoms with E-state index in [4.69, 9.17) is 16.2 Å². The molecule has 1 atom stereocenters. The van der Waals surface area contributed by atoms with E-state index in [1.165, 1.54) is 0 Å². The van der Waals surface area contributed by atoms with Gasteiger partial charge in [-0.2, -0.15) is 5.21 Å². The number of aromatic nitrogens is 4. The number of nitrogens with zero attached hydrogens (tertiary/aromatic N) is 4. The van der Waals surface area contributed by atoms with Crippen molar-refractivity contribution in [2.45, 2.75) is 44.5 Å². The average molecular weight is 405 g/mol. The monoisotopic (exact) mass is 404 g/mol. The van der Waals surface area contributed by atoms with Gasteiger partial charge in [0, 0.05) is 51.6 Å². The number of H-pyrrole nitrogens is 1. The molecule has 1 fully saturated rings. The number of nitrogens with one attached hydrogen (secondary N) is 2. The maximum absolute atomic E-state index is 9.74. The summed E-state index contributed by atoms with van der Waals surface area (Å²) in [5.41, 5.74) is 15.4. The molecule has 0 amide bonds. The van der Waals surface area contributed by atoms with Gasteiger partial charge < -0.3 is 31.5 Å². The van der Waals surface area contributed by atoms with Gasteiger partial charge >= 0.3 is 0 Å². The molecule has 10 nitrogen and oxygen atoms in total. The Labute approximate surface area is 171 Å². The summed E-state index contributed by atoms with van der Waals surface area (Å²) in [6, 6.07) is 4.40. The van der Waals surface area contributed by atoms with Gasteiger partial charge in [-0.15, -0.1) is 10.2 Å². The third-order valence-corrected chi connectivity index (χ3v) is 5.89. The van der Waals surface area contributed by atoms with E-state index in [9.17, 15) is 5.11 Å². The summed E-state index contributed by atoms with van der Waals surface area (Å²) in [7, 11) is 1.66. The zero-order valence-corrected chi connectivity index (χ0v) is 17.2. The highest BCUT2D eigenvalue weighted by atomic mass is 16.5. The maximum Gasteiger partial charge on any atom is 0.207 e. The molecule has 160 valence electrons. The second kappa shape index (κ2) is 9.59. The molecule has 0 bridgehead atoms. The predicted octanol–water partition coefficient (Wildman–Crippen LogP) is -0.260. The molecule has 2 aromatic rings. The van der Waals surface area contributed by atoms with Crippen molar-refractivity contribution in [2.75, 3.05) is 38.3 Å². The lowest BCUT2D eigenvalue weighted by atomic mass is 9.90. The van der Waals surface area contributed by atoms with Gasteiger partial charge in [-0.05, 0) is 42.2 Å². The Kier molecular flexibility index (Phi) is 7.14. The van der Waals surface area contributed by atoms with Crippen molar-refractivity contribution in [3.63, 3.8) is 0 Å². The molecule has 0 spiro atoms. The standard InChI is InChI=1S/C19H32N8O2/c1-13(9-20)22-11-14-3-4-16(17(15(14)10-21)18-23-25-26-24-18)27-7-5-19(12-28,29-2)6-8-27/h3-4,13,22,28H,5-12,20-21H2,1-2H3,(H,23,24,25,26)/t13-/m1/s1. The topological polar surface area (TPSA) is 151 Å². The van der Waals surface area contributed by atoms with Crippen molar-refractivity contribution < 1.29 is 9.84 Å². The Morgan fingerprint density at radius 1 is 1.34 bits per heavy atom. The first-order valence-electron chi connectivity index (χ1n) is 10.0. The summed E-state index contributed by atoms with van der Waals surface area (Å²) in [5, 5.41) is 27.9. The zero-order chi connectivity index (χ0) is 20.9. The third kappa shape index (κ3) is 4.57. The Balaban J connectivity index is 1.95. The van der Waals surface area contributed by atoms with Crippen molar-refractivity contribution in [1.29, 1.82) is 0 Å². The van der Waals surface area contributed by atoms with Crippen molar-refractivity contribution in [2.24, 2.45) is 11.5 Å². The van der Waals surface area contributed by atoms with Gasteiger partial charge in [0.05, 0.1) is 17.8 Å². The number of hydrogen-bond acceptors (Lipinski definition) is 9. The van der Waals surface area contributed by atoms with Crippen LogP contribution < -0.4 is 21.7 Å². The minimum atomic E-state index is -0.471. The number of piperidine rings is 1. The zero-order valence-electron chi connectivity index (χ0n) is 17.2. The number of hydrogen-bond donors (Lipinski definition) is 5. The highest BCUT2D eigenvalue weighted by Crippen LogP contribution is 2.37. The summed E-state index contributed by atoms with van der Waals surface area (Å²) in [4.78, 5) is 2.28. The Morgan fingerprint density at radius 2 is 2.10 bits per heavy atom. The fourth-order valence-electron chi connectivity index (χ4n) is 3.81. The van der Waals surface area contributed by atoms with Crippen LogP contribution in [0.1, 0.15) is 30.9 Å². The first kappa shape index (κ1) is 21.6. The van der Waals surface area contributed by atoms with Gasteiger partial charge in [-0.25, -0.2) is 0 Å². The van der Waals surface area contributed by atoms with Crippen molar-refractivity contribution in [1.82, 2.24) is 25.9 Å². The normalized spacial score (nSPS) is 17.5. The maximum atomic E-state index is 9.74. The lowest BCUT2D eigenvalue weighted by Crippen LogP contribution is -2.48. The van der Waals surface area contributed by atoms with Crippen LogP contribution >= 0.6 is 0 Å². The lowest BCUT2D eigenvalue weighted by Gasteiger charge is -2.41. The number of aliphatic hydroxyl groups is 1. The van der Waals surface area contributed by atoms with E-state index in [0.29, 0.717) is 25.5 Å². The van der Waals surface area contributed by atoms with Crippen LogP contribution in [-0.2, 0) is 17.8 Å². The molecule has 2 heterocycles. The molecular weight excluding hydrogens is 372 g/mol. The van der Waals surface area contributed by atoms with E-state index in [2.05, 4.69) is 43.0 Å². The number of aliphatic hydroxyl groups excluding tert-OH is 1. The van der Waals surface area contributed by atoms with Crippen LogP contribution in [0.25, 0.3) is 11.4 Å². The van der Waals surface area contributed by atoms with Gasteiger partial charge in [-0.3, -0.25) is 0 Å². The first-order chi connectivity index (χ1) is 14.1. The number of benzene rings is 1. The van der Waals surface area contributed by atoms with Crippen LogP contribution in [0.3, 0.4) is 0 Å². The first-order valence-corrected chi connectivity index (χ1v) is 10.0. The molecule has 1 aliphatic heterocycles. The van der Waals surface area contributed by atoms with Crippen LogP contribution in [0, 0.1) is 0 Å². The smallest absolute Gasteiger partial charge is 0.207 e. The number of methoxy groups -OCH3 is 1. The minimum absolute atomic E-state index is 0.0209. The van der Waals surface area contributed by atoms with Crippen LogP contribution in [0.2, 0.25) is 0 Å². The fourth-order valence-corrected chi connectivity index (χ4v) is 3.81. The van der Waals surface area contributed by atoms with Gasteiger partial charge in [0.15, 0.2) is 0 Å². The van der Waals surface area contributed by atoms with Crippen LogP contribution in [0.15, 0.2) is 12.1 Å². The molecule has 10 heteroatoms. The second-order valence-corrected chi connectivity index (χ2v) is 7.59. The van der Waals surface area contributed by atoms with Crippen LogP contribution in [0.4, 0.5) is 5.69 Å². The van der Waals surface area contributed by atoms with E-state index in [1.54, 1.807) is 7.11 Å². The summed E-state index contributed by atoms with van der Waals surface area (Å²) < 4.78 is 5.59. The molecule has 3 rings (SSSR count). The van der Waals surface area contributed by atoms with Gasteiger partial charge in [0.2, 0.25) is 5.82 Å². The number of ether oxygens (including phenoxy) is 1. The van der Waals surface area contributed by atoms with Crippen molar-refractivity contribution >= 4 is 5.69 Å². The number of tetrazole rings is 1. The molecule has 0 saturated carbocycles. The highest BCUT2D eigenvalue weighted by Gasteiger charge is 2.35. The summed E-state index contributed by atoms with van der Waals surface area (Å²) in [6.07, 6.45) is 1.47. The number of rotatable bonds is 9. The molecule has 1 saturated heterocycles. The second-order valence-electron chi connectivity index (χ2n) is 7.59. The minimum Gasteiger partial charge on any atom is -0.393 e. The molecular formula is C19H32N8O2. The molecule has 1 aromatic heterocycles. The quantitative estimate of drug-likeness (QED) is 0.381. The molecule has 1 aliphatic rings. The Bertz CT molecular complexity index is 769. The molecule has 1 aromatic carbocycles. The van der Waals surface area contributed by atoms with Crippen LogP contribution in [0.5, 0.6) is 0 Å².